The Bertz CT molecular complexity index is 802. The van der Waals surface area contributed by atoms with Gasteiger partial charge in [0.25, 0.3) is 0 Å². The highest BCUT2D eigenvalue weighted by atomic mass is 16.5. The van der Waals surface area contributed by atoms with E-state index in [1.54, 1.807) is 0 Å². The number of nitrogens with one attached hydrogen (secondary N) is 2. The average Bonchev–Trinajstić information content (AvgIpc) is 2.67. The number of aryl methyl sites for hydroxylation is 1. The number of ether oxygens (including phenoxy) is 2. The second-order valence-corrected chi connectivity index (χ2v) is 6.32. The first-order valence-corrected chi connectivity index (χ1v) is 9.22. The summed E-state index contributed by atoms with van der Waals surface area (Å²) in [5.41, 5.74) is 2.69. The van der Waals surface area contributed by atoms with E-state index < -0.39 is 0 Å². The van der Waals surface area contributed by atoms with E-state index in [9.17, 15) is 9.59 Å². The third-order valence-corrected chi connectivity index (χ3v) is 4.24. The zero-order valence-corrected chi connectivity index (χ0v) is 15.4. The van der Waals surface area contributed by atoms with E-state index in [0.29, 0.717) is 32.5 Å². The summed E-state index contributed by atoms with van der Waals surface area (Å²) in [7, 11) is 0. The summed E-state index contributed by atoms with van der Waals surface area (Å²) in [6.07, 6.45) is 2.23. The first-order chi connectivity index (χ1) is 13.1. The van der Waals surface area contributed by atoms with Gasteiger partial charge in [0.15, 0.2) is 0 Å². The first kappa shape index (κ1) is 18.8. The number of benzene rings is 2. The fourth-order valence-electron chi connectivity index (χ4n) is 2.90. The lowest BCUT2D eigenvalue weighted by Gasteiger charge is -2.17. The molecule has 2 N–H and O–H groups in total. The summed E-state index contributed by atoms with van der Waals surface area (Å²) >= 11 is 0. The van der Waals surface area contributed by atoms with Crippen LogP contribution in [0.1, 0.15) is 31.7 Å². The Hall–Kier alpha value is -3.02. The van der Waals surface area contributed by atoms with E-state index in [4.69, 9.17) is 9.47 Å². The van der Waals surface area contributed by atoms with Crippen molar-refractivity contribution in [2.45, 2.75) is 32.6 Å². The highest BCUT2D eigenvalue weighted by Gasteiger charge is 2.15. The van der Waals surface area contributed by atoms with Crippen LogP contribution in [-0.2, 0) is 16.0 Å². The molecule has 0 bridgehead atoms. The van der Waals surface area contributed by atoms with Gasteiger partial charge >= 0.3 is 0 Å². The first-order valence-electron chi connectivity index (χ1n) is 9.22. The number of carbonyl (C=O) groups excluding carboxylic acids is 2. The quantitative estimate of drug-likeness (QED) is 0.696. The van der Waals surface area contributed by atoms with E-state index in [-0.39, 0.29) is 11.8 Å². The fourth-order valence-corrected chi connectivity index (χ4v) is 2.90. The maximum absolute atomic E-state index is 12.0. The van der Waals surface area contributed by atoms with E-state index in [1.165, 1.54) is 0 Å². The lowest BCUT2D eigenvalue weighted by atomic mass is 10.0. The lowest BCUT2D eigenvalue weighted by Crippen LogP contribution is -2.18. The van der Waals surface area contributed by atoms with Gasteiger partial charge in [-0.2, -0.15) is 0 Å². The second kappa shape index (κ2) is 9.07. The van der Waals surface area contributed by atoms with Crippen LogP contribution in [0.3, 0.4) is 0 Å². The Morgan fingerprint density at radius 1 is 1.07 bits per heavy atom. The average molecular weight is 368 g/mol. The molecule has 27 heavy (non-hydrogen) atoms. The molecule has 0 saturated heterocycles. The minimum atomic E-state index is -0.0455. The van der Waals surface area contributed by atoms with Crippen molar-refractivity contribution in [3.05, 3.63) is 48.0 Å². The van der Waals surface area contributed by atoms with Gasteiger partial charge in [-0.3, -0.25) is 9.59 Å². The Balaban J connectivity index is 1.39. The smallest absolute Gasteiger partial charge is 0.224 e. The number of anilines is 2. The van der Waals surface area contributed by atoms with Crippen molar-refractivity contribution < 1.29 is 19.1 Å². The van der Waals surface area contributed by atoms with Crippen LogP contribution < -0.4 is 20.1 Å². The third kappa shape index (κ3) is 5.48. The van der Waals surface area contributed by atoms with Crippen LogP contribution >= 0.6 is 0 Å². The number of rotatable bonds is 8. The molecule has 0 saturated carbocycles. The summed E-state index contributed by atoms with van der Waals surface area (Å²) < 4.78 is 11.1. The summed E-state index contributed by atoms with van der Waals surface area (Å²) in [5.74, 6) is 1.55. The number of hydrogen-bond donors (Lipinski definition) is 2. The van der Waals surface area contributed by atoms with Crippen molar-refractivity contribution in [2.75, 3.05) is 23.8 Å². The molecule has 2 aromatic rings. The molecule has 142 valence electrons. The normalized spacial score (nSPS) is 12.7. The van der Waals surface area contributed by atoms with Crippen molar-refractivity contribution in [1.29, 1.82) is 0 Å². The Labute approximate surface area is 158 Å². The summed E-state index contributed by atoms with van der Waals surface area (Å²) in [5, 5.41) is 5.71. The Morgan fingerprint density at radius 3 is 2.63 bits per heavy atom. The predicted molar refractivity (Wildman–Crippen MR) is 104 cm³/mol. The largest absolute Gasteiger partial charge is 0.494 e. The monoisotopic (exact) mass is 368 g/mol. The van der Waals surface area contributed by atoms with E-state index in [0.717, 1.165) is 34.9 Å². The molecule has 0 aliphatic carbocycles. The van der Waals surface area contributed by atoms with Gasteiger partial charge in [0, 0.05) is 24.2 Å². The molecule has 1 aliphatic heterocycles. The molecule has 0 radical (unpaired) electrons. The molecule has 6 heteroatoms. The maximum Gasteiger partial charge on any atom is 0.224 e. The highest BCUT2D eigenvalue weighted by molar-refractivity contribution is 5.94. The predicted octanol–water partition coefficient (Wildman–Crippen LogP) is 3.77. The van der Waals surface area contributed by atoms with Gasteiger partial charge < -0.3 is 20.1 Å². The highest BCUT2D eigenvalue weighted by Crippen LogP contribution is 2.26. The summed E-state index contributed by atoms with van der Waals surface area (Å²) in [6.45, 7) is 3.01. The SMILES string of the molecule is CCOc1ccc(NC(=O)CCCOc2ccc3c(c2)CCC(=O)N3)cc1. The van der Waals surface area contributed by atoms with Crippen LogP contribution in [0.2, 0.25) is 0 Å². The van der Waals surface area contributed by atoms with E-state index in [1.807, 2.05) is 49.4 Å². The van der Waals surface area contributed by atoms with E-state index in [2.05, 4.69) is 10.6 Å². The van der Waals surface area contributed by atoms with Gasteiger partial charge in [-0.15, -0.1) is 0 Å². The topological polar surface area (TPSA) is 76.7 Å². The van der Waals surface area contributed by atoms with Crippen LogP contribution in [0.4, 0.5) is 11.4 Å². The second-order valence-electron chi connectivity index (χ2n) is 6.32. The van der Waals surface area contributed by atoms with Crippen LogP contribution in [0.15, 0.2) is 42.5 Å². The number of carbonyl (C=O) groups is 2. The minimum Gasteiger partial charge on any atom is -0.494 e. The van der Waals surface area contributed by atoms with Gasteiger partial charge in [0.2, 0.25) is 11.8 Å². The van der Waals surface area contributed by atoms with Crippen LogP contribution in [0, 0.1) is 0 Å². The van der Waals surface area contributed by atoms with Gasteiger partial charge in [-0.05, 0) is 67.8 Å². The maximum atomic E-state index is 12.0. The molecule has 6 nitrogen and oxygen atoms in total. The van der Waals surface area contributed by atoms with Crippen molar-refractivity contribution >= 4 is 23.2 Å². The Morgan fingerprint density at radius 2 is 1.85 bits per heavy atom. The molecule has 0 atom stereocenters. The van der Waals surface area contributed by atoms with Crippen molar-refractivity contribution in [3.8, 4) is 11.5 Å². The molecular weight excluding hydrogens is 344 g/mol. The van der Waals surface area contributed by atoms with Gasteiger partial charge in [-0.25, -0.2) is 0 Å². The standard InChI is InChI=1S/C21H24N2O4/c1-2-26-17-8-6-16(7-9-17)22-20(24)4-3-13-27-18-10-11-19-15(14-18)5-12-21(25)23-19/h6-11,14H,2-5,12-13H2,1H3,(H,22,24)(H,23,25). The van der Waals surface area contributed by atoms with Crippen LogP contribution in [0.25, 0.3) is 0 Å². The molecule has 1 aliphatic rings. The molecule has 2 amide bonds. The van der Waals surface area contributed by atoms with Crippen LogP contribution in [-0.4, -0.2) is 25.0 Å². The number of amides is 2. The van der Waals surface area contributed by atoms with Gasteiger partial charge in [0.05, 0.1) is 13.2 Å². The molecule has 1 heterocycles. The third-order valence-electron chi connectivity index (χ3n) is 4.24. The van der Waals surface area contributed by atoms with Crippen molar-refractivity contribution in [3.63, 3.8) is 0 Å². The zero-order chi connectivity index (χ0) is 19.1. The van der Waals surface area contributed by atoms with Crippen LogP contribution in [0.5, 0.6) is 11.5 Å². The van der Waals surface area contributed by atoms with E-state index >= 15 is 0 Å². The van der Waals surface area contributed by atoms with Crippen molar-refractivity contribution in [1.82, 2.24) is 0 Å². The number of fused-ring (bicyclic) bond motifs is 1. The fraction of sp³-hybridized carbons (Fsp3) is 0.333. The summed E-state index contributed by atoms with van der Waals surface area (Å²) in [6, 6.07) is 13.0. The molecule has 0 spiro atoms. The minimum absolute atomic E-state index is 0.0455. The Kier molecular flexibility index (Phi) is 6.30. The zero-order valence-electron chi connectivity index (χ0n) is 15.4. The molecule has 2 aromatic carbocycles. The molecule has 3 rings (SSSR count). The number of hydrogen-bond acceptors (Lipinski definition) is 4. The molecular formula is C21H24N2O4. The van der Waals surface area contributed by atoms with Gasteiger partial charge in [0.1, 0.15) is 11.5 Å². The molecule has 0 aromatic heterocycles. The molecule has 0 unspecified atom stereocenters. The van der Waals surface area contributed by atoms with Gasteiger partial charge in [-0.1, -0.05) is 0 Å². The molecule has 0 fully saturated rings. The van der Waals surface area contributed by atoms with Crippen molar-refractivity contribution in [2.24, 2.45) is 0 Å². The lowest BCUT2D eigenvalue weighted by molar-refractivity contribution is -0.117. The summed E-state index contributed by atoms with van der Waals surface area (Å²) in [4.78, 5) is 23.4.